The Morgan fingerprint density at radius 3 is 2.33 bits per heavy atom. The number of carbonyl (C=O) groups excluding carboxylic acids is 2. The van der Waals surface area contributed by atoms with Gasteiger partial charge in [0.15, 0.2) is 0 Å². The molecule has 1 atom stereocenters. The first-order valence-electron chi connectivity index (χ1n) is 7.15. The van der Waals surface area contributed by atoms with E-state index in [1.807, 2.05) is 0 Å². The Balaban J connectivity index is 3.83. The number of hydrogen-bond donors (Lipinski definition) is 4. The van der Waals surface area contributed by atoms with Crippen molar-refractivity contribution in [3.63, 3.8) is 0 Å². The number of rotatable bonds is 10. The molecule has 0 aromatic carbocycles. The van der Waals surface area contributed by atoms with E-state index in [0.717, 1.165) is 5.75 Å². The number of nitrogens with one attached hydrogen (secondary N) is 2. The van der Waals surface area contributed by atoms with Crippen LogP contribution in [0.1, 0.15) is 34.1 Å². The van der Waals surface area contributed by atoms with Gasteiger partial charge >= 0.3 is 0 Å². The van der Waals surface area contributed by atoms with Gasteiger partial charge in [-0.1, -0.05) is 27.7 Å². The lowest BCUT2D eigenvalue weighted by molar-refractivity contribution is -0.137. The molecule has 0 bridgehead atoms. The van der Waals surface area contributed by atoms with E-state index >= 15 is 0 Å². The first-order chi connectivity index (χ1) is 9.70. The summed E-state index contributed by atoms with van der Waals surface area (Å²) in [7, 11) is 0. The van der Waals surface area contributed by atoms with Crippen LogP contribution >= 0.6 is 11.8 Å². The molecule has 0 aromatic rings. The molecule has 21 heavy (non-hydrogen) atoms. The maximum atomic E-state index is 11.7. The van der Waals surface area contributed by atoms with Gasteiger partial charge in [0.25, 0.3) is 0 Å². The van der Waals surface area contributed by atoms with Gasteiger partial charge in [0.1, 0.15) is 6.10 Å². The van der Waals surface area contributed by atoms with E-state index in [1.54, 1.807) is 25.6 Å². The molecule has 124 valence electrons. The van der Waals surface area contributed by atoms with Crippen molar-refractivity contribution in [3.8, 4) is 0 Å². The van der Waals surface area contributed by atoms with Crippen LogP contribution in [0.5, 0.6) is 0 Å². The first kappa shape index (κ1) is 20.2. The number of aliphatic hydroxyl groups excluding tert-OH is 2. The predicted octanol–water partition coefficient (Wildman–Crippen LogP) is 0.130. The van der Waals surface area contributed by atoms with Gasteiger partial charge in [0, 0.05) is 30.7 Å². The lowest BCUT2D eigenvalue weighted by atomic mass is 9.87. The van der Waals surface area contributed by atoms with Gasteiger partial charge in [-0.3, -0.25) is 9.59 Å². The standard InChI is InChI=1S/C14H28N2O4S/c1-10(2)21-8-7-15-11(18)5-6-16-13(20)12(19)14(3,4)9-17/h10,12,17,19H,5-9H2,1-4H3,(H,15,18)(H,16,20)/t12-/m0/s1. The Bertz CT molecular complexity index is 335. The van der Waals surface area contributed by atoms with Gasteiger partial charge in [-0.25, -0.2) is 0 Å². The third-order valence-electron chi connectivity index (χ3n) is 2.92. The maximum absolute atomic E-state index is 11.7. The van der Waals surface area contributed by atoms with Crippen LogP contribution in [0.2, 0.25) is 0 Å². The molecular weight excluding hydrogens is 292 g/mol. The quantitative estimate of drug-likeness (QED) is 0.429. The van der Waals surface area contributed by atoms with Crippen molar-refractivity contribution in [1.29, 1.82) is 0 Å². The van der Waals surface area contributed by atoms with E-state index in [1.165, 1.54) is 0 Å². The average Bonchev–Trinajstić information content (AvgIpc) is 2.42. The van der Waals surface area contributed by atoms with Gasteiger partial charge in [-0.15, -0.1) is 0 Å². The third kappa shape index (κ3) is 8.95. The Labute approximate surface area is 131 Å². The van der Waals surface area contributed by atoms with E-state index in [2.05, 4.69) is 24.5 Å². The van der Waals surface area contributed by atoms with Crippen LogP contribution in [-0.2, 0) is 9.59 Å². The summed E-state index contributed by atoms with van der Waals surface area (Å²) in [6.07, 6.45) is -1.13. The molecule has 0 aliphatic carbocycles. The topological polar surface area (TPSA) is 98.7 Å². The second kappa shape index (κ2) is 10.0. The SMILES string of the molecule is CC(C)SCCNC(=O)CCNC(=O)[C@H](O)C(C)(C)CO. The van der Waals surface area contributed by atoms with Crippen molar-refractivity contribution in [2.45, 2.75) is 45.5 Å². The van der Waals surface area contributed by atoms with Crippen molar-refractivity contribution in [2.24, 2.45) is 5.41 Å². The molecule has 0 saturated carbocycles. The highest BCUT2D eigenvalue weighted by atomic mass is 32.2. The summed E-state index contributed by atoms with van der Waals surface area (Å²) in [6.45, 7) is 7.86. The smallest absolute Gasteiger partial charge is 0.249 e. The minimum atomic E-state index is -1.30. The summed E-state index contributed by atoms with van der Waals surface area (Å²) >= 11 is 1.77. The number of hydrogen-bond acceptors (Lipinski definition) is 5. The molecule has 0 aliphatic rings. The molecule has 0 rings (SSSR count). The van der Waals surface area contributed by atoms with Crippen molar-refractivity contribution in [1.82, 2.24) is 10.6 Å². The summed E-state index contributed by atoms with van der Waals surface area (Å²) < 4.78 is 0. The van der Waals surface area contributed by atoms with Crippen LogP contribution in [0.3, 0.4) is 0 Å². The van der Waals surface area contributed by atoms with Gasteiger partial charge in [-0.05, 0) is 5.25 Å². The second-order valence-corrected chi connectivity index (χ2v) is 7.54. The van der Waals surface area contributed by atoms with Crippen LogP contribution in [0.15, 0.2) is 0 Å². The maximum Gasteiger partial charge on any atom is 0.249 e. The molecule has 0 aliphatic heterocycles. The average molecular weight is 320 g/mol. The number of carbonyl (C=O) groups is 2. The van der Waals surface area contributed by atoms with Crippen molar-refractivity contribution >= 4 is 23.6 Å². The molecule has 4 N–H and O–H groups in total. The van der Waals surface area contributed by atoms with Crippen LogP contribution in [0, 0.1) is 5.41 Å². The highest BCUT2D eigenvalue weighted by Gasteiger charge is 2.32. The first-order valence-corrected chi connectivity index (χ1v) is 8.20. The van der Waals surface area contributed by atoms with Crippen molar-refractivity contribution in [2.75, 3.05) is 25.4 Å². The molecular formula is C14H28N2O4S. The van der Waals surface area contributed by atoms with Crippen molar-refractivity contribution < 1.29 is 19.8 Å². The zero-order valence-corrected chi connectivity index (χ0v) is 14.1. The zero-order valence-electron chi connectivity index (χ0n) is 13.3. The molecule has 6 nitrogen and oxygen atoms in total. The Morgan fingerprint density at radius 2 is 1.81 bits per heavy atom. The fraction of sp³-hybridized carbons (Fsp3) is 0.857. The molecule has 7 heteroatoms. The van der Waals surface area contributed by atoms with E-state index < -0.39 is 17.4 Å². The summed E-state index contributed by atoms with van der Waals surface area (Å²) in [5.41, 5.74) is -0.902. The minimum absolute atomic E-state index is 0.129. The number of thioether (sulfide) groups is 1. The van der Waals surface area contributed by atoms with E-state index in [-0.39, 0.29) is 25.5 Å². The van der Waals surface area contributed by atoms with Crippen LogP contribution in [0.4, 0.5) is 0 Å². The summed E-state index contributed by atoms with van der Waals surface area (Å²) in [5.74, 6) is 0.159. The monoisotopic (exact) mass is 320 g/mol. The summed E-state index contributed by atoms with van der Waals surface area (Å²) in [4.78, 5) is 23.2. The van der Waals surface area contributed by atoms with Gasteiger partial charge in [0.2, 0.25) is 11.8 Å². The third-order valence-corrected chi connectivity index (χ3v) is 4.03. The molecule has 2 amide bonds. The molecule has 0 radical (unpaired) electrons. The fourth-order valence-corrected chi connectivity index (χ4v) is 2.10. The highest BCUT2D eigenvalue weighted by Crippen LogP contribution is 2.19. The Morgan fingerprint density at radius 1 is 1.19 bits per heavy atom. The van der Waals surface area contributed by atoms with Gasteiger partial charge in [0.05, 0.1) is 6.61 Å². The number of aliphatic hydroxyl groups is 2. The summed E-state index contributed by atoms with van der Waals surface area (Å²) in [5, 5.41) is 24.6. The van der Waals surface area contributed by atoms with Crippen molar-refractivity contribution in [3.05, 3.63) is 0 Å². The van der Waals surface area contributed by atoms with Gasteiger partial charge in [-0.2, -0.15) is 11.8 Å². The largest absolute Gasteiger partial charge is 0.396 e. The lowest BCUT2D eigenvalue weighted by Crippen LogP contribution is -2.46. The highest BCUT2D eigenvalue weighted by molar-refractivity contribution is 7.99. The van der Waals surface area contributed by atoms with Gasteiger partial charge < -0.3 is 20.8 Å². The van der Waals surface area contributed by atoms with E-state index in [9.17, 15) is 14.7 Å². The lowest BCUT2D eigenvalue weighted by Gasteiger charge is -2.27. The Hall–Kier alpha value is -0.790. The minimum Gasteiger partial charge on any atom is -0.396 e. The van der Waals surface area contributed by atoms with Crippen LogP contribution < -0.4 is 10.6 Å². The molecule has 0 fully saturated rings. The Kier molecular flexibility index (Phi) is 9.65. The number of amides is 2. The molecule has 0 unspecified atom stereocenters. The molecule has 0 aromatic heterocycles. The molecule has 0 spiro atoms. The zero-order chi connectivity index (χ0) is 16.5. The summed E-state index contributed by atoms with van der Waals surface area (Å²) in [6, 6.07) is 0. The van der Waals surface area contributed by atoms with Crippen LogP contribution in [-0.4, -0.2) is 58.8 Å². The van der Waals surface area contributed by atoms with Crippen LogP contribution in [0.25, 0.3) is 0 Å². The molecule has 0 heterocycles. The fourth-order valence-electron chi connectivity index (χ4n) is 1.41. The second-order valence-electron chi connectivity index (χ2n) is 5.86. The normalized spacial score (nSPS) is 13.1. The molecule has 0 saturated heterocycles. The van der Waals surface area contributed by atoms with E-state index in [0.29, 0.717) is 11.8 Å². The predicted molar refractivity (Wildman–Crippen MR) is 85.1 cm³/mol. The van der Waals surface area contributed by atoms with E-state index in [4.69, 9.17) is 5.11 Å².